The van der Waals surface area contributed by atoms with E-state index in [1.165, 1.54) is 0 Å². The molecule has 35 heavy (non-hydrogen) atoms. The number of benzene rings is 1. The van der Waals surface area contributed by atoms with Gasteiger partial charge in [0.05, 0.1) is 19.0 Å². The number of anilines is 4. The second-order valence-corrected chi connectivity index (χ2v) is 9.42. The number of amides is 2. The molecule has 1 aromatic heterocycles. The smallest absolute Gasteiger partial charge is 0.251 e. The zero-order valence-corrected chi connectivity index (χ0v) is 21.2. The Hall–Kier alpha value is -3.40. The number of hydrogen-bond donors (Lipinski definition) is 2. The van der Waals surface area contributed by atoms with Gasteiger partial charge in [-0.15, -0.1) is 0 Å². The highest BCUT2D eigenvalue weighted by atomic mass is 16.5. The Morgan fingerprint density at radius 2 is 2.00 bits per heavy atom. The van der Waals surface area contributed by atoms with Crippen molar-refractivity contribution >= 4 is 35.0 Å². The topological polar surface area (TPSA) is 103 Å². The maximum Gasteiger partial charge on any atom is 0.251 e. The second kappa shape index (κ2) is 10.5. The van der Waals surface area contributed by atoms with Gasteiger partial charge in [0.1, 0.15) is 17.5 Å². The predicted octanol–water partition coefficient (Wildman–Crippen LogP) is 2.63. The molecule has 0 spiro atoms. The van der Waals surface area contributed by atoms with Gasteiger partial charge in [0.25, 0.3) is 5.91 Å². The molecule has 1 aliphatic carbocycles. The van der Waals surface area contributed by atoms with Gasteiger partial charge in [-0.3, -0.25) is 9.59 Å². The first-order valence-electron chi connectivity index (χ1n) is 12.1. The van der Waals surface area contributed by atoms with Crippen LogP contribution in [-0.2, 0) is 4.79 Å². The van der Waals surface area contributed by atoms with Gasteiger partial charge in [-0.05, 0) is 52.1 Å². The standard InChI is InChI=1S/C25H35N7O3/c1-16-24(34)31(4)20-15-27-25(29-22(20)32(16)18-8-6-7-9-18)28-19-11-10-17(14-21(19)35-5)23(33)26-12-13-30(2)3/h10-11,14-16,18H,6-9,12-13H2,1-5H3,(H,26,33)(H,27,28,29)/t16-/m1/s1. The summed E-state index contributed by atoms with van der Waals surface area (Å²) in [5.41, 5.74) is 1.87. The third-order valence-electron chi connectivity index (χ3n) is 6.73. The fraction of sp³-hybridized carbons (Fsp3) is 0.520. The molecular weight excluding hydrogens is 446 g/mol. The molecule has 188 valence electrons. The summed E-state index contributed by atoms with van der Waals surface area (Å²) in [4.78, 5) is 40.5. The highest BCUT2D eigenvalue weighted by molar-refractivity contribution is 6.04. The highest BCUT2D eigenvalue weighted by Crippen LogP contribution is 2.39. The third-order valence-corrected chi connectivity index (χ3v) is 6.73. The average molecular weight is 482 g/mol. The zero-order chi connectivity index (χ0) is 25.1. The molecule has 2 aromatic rings. The lowest BCUT2D eigenvalue weighted by Gasteiger charge is -2.42. The second-order valence-electron chi connectivity index (χ2n) is 9.42. The normalized spacial score (nSPS) is 18.1. The van der Waals surface area contributed by atoms with Gasteiger partial charge in [-0.2, -0.15) is 4.98 Å². The molecule has 2 N–H and O–H groups in total. The molecule has 0 bridgehead atoms. The number of nitrogens with one attached hydrogen (secondary N) is 2. The molecule has 1 aliphatic heterocycles. The molecule has 0 radical (unpaired) electrons. The van der Waals surface area contributed by atoms with Crippen LogP contribution < -0.4 is 25.2 Å². The fourth-order valence-electron chi connectivity index (χ4n) is 4.78. The molecule has 4 rings (SSSR count). The number of methoxy groups -OCH3 is 1. The number of nitrogens with zero attached hydrogens (tertiary/aromatic N) is 5. The van der Waals surface area contributed by atoms with E-state index in [2.05, 4.69) is 20.5 Å². The van der Waals surface area contributed by atoms with Crippen LogP contribution in [0.3, 0.4) is 0 Å². The SMILES string of the molecule is COc1cc(C(=O)NCCN(C)C)ccc1Nc1ncc2c(n1)N(C1CCCC1)[C@H](C)C(=O)N2C. The molecule has 1 atom stereocenters. The van der Waals surface area contributed by atoms with Crippen LogP contribution >= 0.6 is 0 Å². The van der Waals surface area contributed by atoms with Crippen molar-refractivity contribution in [1.29, 1.82) is 0 Å². The molecule has 2 heterocycles. The summed E-state index contributed by atoms with van der Waals surface area (Å²) in [5, 5.41) is 6.14. The highest BCUT2D eigenvalue weighted by Gasteiger charge is 2.39. The molecule has 10 nitrogen and oxygen atoms in total. The number of likely N-dealkylation sites (N-methyl/N-ethyl adjacent to an activating group) is 2. The van der Waals surface area contributed by atoms with Crippen LogP contribution in [0.25, 0.3) is 0 Å². The Morgan fingerprint density at radius 3 is 2.69 bits per heavy atom. The van der Waals surface area contributed by atoms with E-state index in [4.69, 9.17) is 9.72 Å². The summed E-state index contributed by atoms with van der Waals surface area (Å²) in [5.74, 6) is 1.58. The van der Waals surface area contributed by atoms with Crippen LogP contribution in [0, 0.1) is 0 Å². The minimum atomic E-state index is -0.279. The maximum atomic E-state index is 12.9. The molecule has 2 aliphatic rings. The van der Waals surface area contributed by atoms with Gasteiger partial charge < -0.3 is 30.1 Å². The number of ether oxygens (including phenoxy) is 1. The van der Waals surface area contributed by atoms with Gasteiger partial charge in [0, 0.05) is 31.7 Å². The summed E-state index contributed by atoms with van der Waals surface area (Å²) >= 11 is 0. The molecule has 1 saturated carbocycles. The van der Waals surface area contributed by atoms with Gasteiger partial charge in [-0.25, -0.2) is 4.98 Å². The summed E-state index contributed by atoms with van der Waals surface area (Å²) in [7, 11) is 7.25. The zero-order valence-electron chi connectivity index (χ0n) is 21.2. The quantitative estimate of drug-likeness (QED) is 0.593. The molecule has 2 amide bonds. The van der Waals surface area contributed by atoms with Gasteiger partial charge in [-0.1, -0.05) is 12.8 Å². The first kappa shape index (κ1) is 24.7. The van der Waals surface area contributed by atoms with Crippen LogP contribution in [0.15, 0.2) is 24.4 Å². The number of aromatic nitrogens is 2. The summed E-state index contributed by atoms with van der Waals surface area (Å²) in [6.07, 6.45) is 6.12. The molecule has 0 saturated heterocycles. The van der Waals surface area contributed by atoms with E-state index in [9.17, 15) is 9.59 Å². The van der Waals surface area contributed by atoms with Crippen molar-refractivity contribution < 1.29 is 14.3 Å². The molecular formula is C25H35N7O3. The number of carbonyl (C=O) groups is 2. The minimum absolute atomic E-state index is 0.0508. The summed E-state index contributed by atoms with van der Waals surface area (Å²) < 4.78 is 5.54. The van der Waals surface area contributed by atoms with E-state index < -0.39 is 0 Å². The van der Waals surface area contributed by atoms with Crippen LogP contribution in [0.2, 0.25) is 0 Å². The number of hydrogen-bond acceptors (Lipinski definition) is 8. The van der Waals surface area contributed by atoms with Gasteiger partial charge in [0.2, 0.25) is 11.9 Å². The molecule has 1 aromatic carbocycles. The van der Waals surface area contributed by atoms with E-state index in [1.807, 2.05) is 25.9 Å². The molecule has 10 heteroatoms. The Balaban J connectivity index is 1.58. The van der Waals surface area contributed by atoms with E-state index in [0.717, 1.165) is 38.0 Å². The van der Waals surface area contributed by atoms with Crippen molar-refractivity contribution in [3.63, 3.8) is 0 Å². The Bertz CT molecular complexity index is 1080. The van der Waals surface area contributed by atoms with Gasteiger partial charge >= 0.3 is 0 Å². The Labute approximate surface area is 206 Å². The van der Waals surface area contributed by atoms with Crippen LogP contribution in [0.1, 0.15) is 43.0 Å². The van der Waals surface area contributed by atoms with Crippen LogP contribution in [0.5, 0.6) is 5.75 Å². The van der Waals surface area contributed by atoms with Crippen molar-refractivity contribution in [2.45, 2.75) is 44.7 Å². The number of fused-ring (bicyclic) bond motifs is 1. The summed E-state index contributed by atoms with van der Waals surface area (Å²) in [6.45, 7) is 3.26. The van der Waals surface area contributed by atoms with Gasteiger partial charge in [0.15, 0.2) is 5.82 Å². The largest absolute Gasteiger partial charge is 0.495 e. The van der Waals surface area contributed by atoms with Crippen molar-refractivity contribution in [3.8, 4) is 5.75 Å². The van der Waals surface area contributed by atoms with Crippen molar-refractivity contribution in [1.82, 2.24) is 20.2 Å². The first-order chi connectivity index (χ1) is 16.8. The predicted molar refractivity (Wildman–Crippen MR) is 137 cm³/mol. The monoisotopic (exact) mass is 481 g/mol. The lowest BCUT2D eigenvalue weighted by molar-refractivity contribution is -0.119. The fourth-order valence-corrected chi connectivity index (χ4v) is 4.78. The van der Waals surface area contributed by atoms with E-state index >= 15 is 0 Å². The summed E-state index contributed by atoms with van der Waals surface area (Å²) in [6, 6.07) is 5.25. The van der Waals surface area contributed by atoms with Crippen LogP contribution in [-0.4, -0.2) is 80.1 Å². The van der Waals surface area contributed by atoms with E-state index in [0.29, 0.717) is 41.2 Å². The number of carbonyl (C=O) groups excluding carboxylic acids is 2. The molecule has 1 fully saturated rings. The lowest BCUT2D eigenvalue weighted by atomic mass is 10.1. The number of rotatable bonds is 8. The van der Waals surface area contributed by atoms with Crippen molar-refractivity contribution in [2.24, 2.45) is 0 Å². The minimum Gasteiger partial charge on any atom is -0.495 e. The van der Waals surface area contributed by atoms with Crippen LogP contribution in [0.4, 0.5) is 23.1 Å². The van der Waals surface area contributed by atoms with Crippen molar-refractivity contribution in [3.05, 3.63) is 30.0 Å². The molecule has 0 unspecified atom stereocenters. The average Bonchev–Trinajstić information content (AvgIpc) is 3.37. The maximum absolute atomic E-state index is 12.9. The lowest BCUT2D eigenvalue weighted by Crippen LogP contribution is -2.54. The van der Waals surface area contributed by atoms with E-state index in [1.54, 1.807) is 43.5 Å². The van der Waals surface area contributed by atoms with E-state index in [-0.39, 0.29) is 17.9 Å². The third kappa shape index (κ3) is 5.17. The Morgan fingerprint density at radius 1 is 1.26 bits per heavy atom. The van der Waals surface area contributed by atoms with Crippen molar-refractivity contribution in [2.75, 3.05) is 56.5 Å². The first-order valence-corrected chi connectivity index (χ1v) is 12.1. The Kier molecular flexibility index (Phi) is 7.39.